The van der Waals surface area contributed by atoms with E-state index in [1.807, 2.05) is 47.4 Å². The van der Waals surface area contributed by atoms with E-state index in [9.17, 15) is 9.59 Å². The Hall–Kier alpha value is -3.15. The standard InChI is InChI=1S/C26H34N4O2/c1-20(2)29(18-22-12-6-4-7-13-22)26(32)19-30-24-15-10-9-14-23(24)28-25(30)16-8-5-11-17-27-21(3)31/h4,6-7,9-10,12-15,20H,5,8,11,16-19H2,1-3H3,(H,27,31). The molecular formula is C26H34N4O2. The van der Waals surface area contributed by atoms with Gasteiger partial charge in [-0.1, -0.05) is 48.9 Å². The van der Waals surface area contributed by atoms with Gasteiger partial charge in [-0.3, -0.25) is 9.59 Å². The predicted molar refractivity (Wildman–Crippen MR) is 128 cm³/mol. The van der Waals surface area contributed by atoms with Crippen molar-refractivity contribution in [2.24, 2.45) is 0 Å². The summed E-state index contributed by atoms with van der Waals surface area (Å²) in [4.78, 5) is 31.1. The summed E-state index contributed by atoms with van der Waals surface area (Å²) in [6.07, 6.45) is 3.72. The number of carbonyl (C=O) groups is 2. The van der Waals surface area contributed by atoms with Gasteiger partial charge < -0.3 is 14.8 Å². The SMILES string of the molecule is CC(=O)NCCCCCc1nc2ccccc2n1CC(=O)N(Cc1ccccc1)C(C)C. The maximum atomic E-state index is 13.4. The fraction of sp³-hybridized carbons (Fsp3) is 0.423. The van der Waals surface area contributed by atoms with Crippen molar-refractivity contribution in [3.63, 3.8) is 0 Å². The second-order valence-corrected chi connectivity index (χ2v) is 8.50. The number of aromatic nitrogens is 2. The van der Waals surface area contributed by atoms with Crippen LogP contribution in [0, 0.1) is 0 Å². The van der Waals surface area contributed by atoms with Crippen LogP contribution >= 0.6 is 0 Å². The summed E-state index contributed by atoms with van der Waals surface area (Å²) in [5, 5.41) is 2.84. The molecule has 2 aromatic carbocycles. The largest absolute Gasteiger partial charge is 0.356 e. The Labute approximate surface area is 190 Å². The quantitative estimate of drug-likeness (QED) is 0.457. The number of fused-ring (bicyclic) bond motifs is 1. The van der Waals surface area contributed by atoms with E-state index in [1.54, 1.807) is 0 Å². The van der Waals surface area contributed by atoms with Crippen molar-refractivity contribution >= 4 is 22.8 Å². The third-order valence-corrected chi connectivity index (χ3v) is 5.62. The summed E-state index contributed by atoms with van der Waals surface area (Å²) in [6.45, 7) is 7.24. The third-order valence-electron chi connectivity index (χ3n) is 5.62. The molecular weight excluding hydrogens is 400 g/mol. The van der Waals surface area contributed by atoms with E-state index >= 15 is 0 Å². The van der Waals surface area contributed by atoms with Crippen molar-refractivity contribution in [3.8, 4) is 0 Å². The van der Waals surface area contributed by atoms with Gasteiger partial charge in [0, 0.05) is 32.5 Å². The number of carbonyl (C=O) groups excluding carboxylic acids is 2. The first-order valence-corrected chi connectivity index (χ1v) is 11.5. The molecule has 1 heterocycles. The van der Waals surface area contributed by atoms with Gasteiger partial charge >= 0.3 is 0 Å². The number of nitrogens with one attached hydrogen (secondary N) is 1. The van der Waals surface area contributed by atoms with Crippen LogP contribution in [-0.4, -0.2) is 38.9 Å². The van der Waals surface area contributed by atoms with E-state index in [0.29, 0.717) is 13.1 Å². The molecule has 0 fully saturated rings. The number of nitrogens with zero attached hydrogens (tertiary/aromatic N) is 3. The molecule has 1 aromatic heterocycles. The second-order valence-electron chi connectivity index (χ2n) is 8.50. The van der Waals surface area contributed by atoms with Gasteiger partial charge in [-0.25, -0.2) is 4.98 Å². The van der Waals surface area contributed by atoms with E-state index < -0.39 is 0 Å². The number of imidazole rings is 1. The first kappa shape index (κ1) is 23.5. The van der Waals surface area contributed by atoms with Gasteiger partial charge in [0.05, 0.1) is 11.0 Å². The highest BCUT2D eigenvalue weighted by molar-refractivity contribution is 5.81. The lowest BCUT2D eigenvalue weighted by molar-refractivity contribution is -0.134. The van der Waals surface area contributed by atoms with Gasteiger partial charge in [0.1, 0.15) is 12.4 Å². The summed E-state index contributed by atoms with van der Waals surface area (Å²) in [5.74, 6) is 1.05. The lowest BCUT2D eigenvalue weighted by Crippen LogP contribution is -2.38. The van der Waals surface area contributed by atoms with Gasteiger partial charge in [-0.15, -0.1) is 0 Å². The average molecular weight is 435 g/mol. The van der Waals surface area contributed by atoms with Gasteiger partial charge in [0.2, 0.25) is 11.8 Å². The monoisotopic (exact) mass is 434 g/mol. The van der Waals surface area contributed by atoms with Gasteiger partial charge in [0.25, 0.3) is 0 Å². The zero-order chi connectivity index (χ0) is 22.9. The smallest absolute Gasteiger partial charge is 0.243 e. The van der Waals surface area contributed by atoms with Gasteiger partial charge in [0.15, 0.2) is 0 Å². The van der Waals surface area contributed by atoms with E-state index in [4.69, 9.17) is 4.98 Å². The van der Waals surface area contributed by atoms with Gasteiger partial charge in [-0.05, 0) is 44.4 Å². The zero-order valence-corrected chi connectivity index (χ0v) is 19.4. The van der Waals surface area contributed by atoms with Crippen molar-refractivity contribution in [1.29, 1.82) is 0 Å². The van der Waals surface area contributed by atoms with Crippen molar-refractivity contribution in [1.82, 2.24) is 19.8 Å². The Morgan fingerprint density at radius 2 is 1.72 bits per heavy atom. The molecule has 0 unspecified atom stereocenters. The summed E-state index contributed by atoms with van der Waals surface area (Å²) in [6, 6.07) is 18.2. The van der Waals surface area contributed by atoms with Crippen LogP contribution in [0.15, 0.2) is 54.6 Å². The average Bonchev–Trinajstić information content (AvgIpc) is 3.12. The van der Waals surface area contributed by atoms with Crippen LogP contribution in [0.5, 0.6) is 0 Å². The maximum Gasteiger partial charge on any atom is 0.243 e. The maximum absolute atomic E-state index is 13.4. The summed E-state index contributed by atoms with van der Waals surface area (Å²) in [7, 11) is 0. The van der Waals surface area contributed by atoms with E-state index in [2.05, 4.69) is 35.9 Å². The summed E-state index contributed by atoms with van der Waals surface area (Å²) in [5.41, 5.74) is 3.05. The zero-order valence-electron chi connectivity index (χ0n) is 19.4. The van der Waals surface area contributed by atoms with E-state index in [0.717, 1.165) is 48.1 Å². The van der Waals surface area contributed by atoms with Crippen LogP contribution in [0.3, 0.4) is 0 Å². The van der Waals surface area contributed by atoms with Crippen LogP contribution < -0.4 is 5.32 Å². The molecule has 170 valence electrons. The van der Waals surface area contributed by atoms with E-state index in [-0.39, 0.29) is 24.4 Å². The molecule has 1 N–H and O–H groups in total. The molecule has 0 bridgehead atoms. The lowest BCUT2D eigenvalue weighted by Gasteiger charge is -2.27. The van der Waals surface area contributed by atoms with Crippen molar-refractivity contribution in [2.45, 2.75) is 65.6 Å². The van der Waals surface area contributed by atoms with E-state index in [1.165, 1.54) is 6.92 Å². The van der Waals surface area contributed by atoms with Crippen LogP contribution in [0.25, 0.3) is 11.0 Å². The predicted octanol–water partition coefficient (Wildman–Crippen LogP) is 4.32. The van der Waals surface area contributed by atoms with Crippen molar-refractivity contribution < 1.29 is 9.59 Å². The fourth-order valence-electron chi connectivity index (χ4n) is 3.91. The molecule has 0 atom stereocenters. The Kier molecular flexibility index (Phi) is 8.42. The van der Waals surface area contributed by atoms with Crippen molar-refractivity contribution in [2.75, 3.05) is 6.54 Å². The number of aryl methyl sites for hydroxylation is 1. The number of hydrogen-bond donors (Lipinski definition) is 1. The van der Waals surface area contributed by atoms with Crippen LogP contribution in [0.1, 0.15) is 51.4 Å². The molecule has 0 saturated carbocycles. The van der Waals surface area contributed by atoms with Crippen molar-refractivity contribution in [3.05, 3.63) is 66.0 Å². The molecule has 3 rings (SSSR count). The Balaban J connectivity index is 1.72. The molecule has 32 heavy (non-hydrogen) atoms. The molecule has 0 aliphatic carbocycles. The Morgan fingerprint density at radius 1 is 1.00 bits per heavy atom. The number of para-hydroxylation sites is 2. The molecule has 6 heteroatoms. The third kappa shape index (κ3) is 6.42. The molecule has 6 nitrogen and oxygen atoms in total. The molecule has 0 spiro atoms. The Morgan fingerprint density at radius 3 is 2.44 bits per heavy atom. The molecule has 2 amide bonds. The highest BCUT2D eigenvalue weighted by Crippen LogP contribution is 2.19. The number of unbranched alkanes of at least 4 members (excludes halogenated alkanes) is 2. The first-order valence-electron chi connectivity index (χ1n) is 11.5. The molecule has 0 saturated heterocycles. The summed E-state index contributed by atoms with van der Waals surface area (Å²) >= 11 is 0. The highest BCUT2D eigenvalue weighted by Gasteiger charge is 2.20. The highest BCUT2D eigenvalue weighted by atomic mass is 16.2. The minimum Gasteiger partial charge on any atom is -0.356 e. The molecule has 3 aromatic rings. The molecule has 0 aliphatic rings. The lowest BCUT2D eigenvalue weighted by atomic mass is 10.1. The number of benzene rings is 2. The minimum absolute atomic E-state index is 0.00974. The normalized spacial score (nSPS) is 11.1. The minimum atomic E-state index is 0.00974. The fourth-order valence-corrected chi connectivity index (χ4v) is 3.91. The van der Waals surface area contributed by atoms with Crippen LogP contribution in [0.4, 0.5) is 0 Å². The molecule has 0 radical (unpaired) electrons. The topological polar surface area (TPSA) is 67.2 Å². The Bertz CT molecular complexity index is 1030. The number of amides is 2. The second kappa shape index (κ2) is 11.5. The van der Waals surface area contributed by atoms with Crippen LogP contribution in [-0.2, 0) is 29.1 Å². The molecule has 0 aliphatic heterocycles. The first-order chi connectivity index (χ1) is 15.5. The summed E-state index contributed by atoms with van der Waals surface area (Å²) < 4.78 is 2.08. The van der Waals surface area contributed by atoms with Crippen LogP contribution in [0.2, 0.25) is 0 Å². The number of rotatable bonds is 11. The number of hydrogen-bond acceptors (Lipinski definition) is 3. The van der Waals surface area contributed by atoms with Gasteiger partial charge in [-0.2, -0.15) is 0 Å².